The Labute approximate surface area is 186 Å². The number of thiophene rings is 1. The van der Waals surface area contributed by atoms with Crippen LogP contribution in [0.4, 0.5) is 0 Å². The number of rotatable bonds is 10. The molecule has 1 aromatic carbocycles. The summed E-state index contributed by atoms with van der Waals surface area (Å²) in [4.78, 5) is 16.9. The van der Waals surface area contributed by atoms with E-state index in [0.29, 0.717) is 13.0 Å². The highest BCUT2D eigenvalue weighted by atomic mass is 35.5. The fourth-order valence-electron chi connectivity index (χ4n) is 3.20. The van der Waals surface area contributed by atoms with Crippen molar-refractivity contribution in [2.75, 3.05) is 0 Å². The first-order valence-corrected chi connectivity index (χ1v) is 11.2. The van der Waals surface area contributed by atoms with E-state index in [4.69, 9.17) is 16.7 Å². The SMILES string of the molecule is CCCCc1ncc(C=C(C=CC(=O)O)Cc2cccs2)n1Cc1ccccc1Cl. The van der Waals surface area contributed by atoms with E-state index in [1.165, 1.54) is 11.0 Å². The molecule has 0 aliphatic heterocycles. The van der Waals surface area contributed by atoms with Crippen LogP contribution in [0.3, 0.4) is 0 Å². The summed E-state index contributed by atoms with van der Waals surface area (Å²) >= 11 is 8.07. The van der Waals surface area contributed by atoms with Crippen molar-refractivity contribution in [2.45, 2.75) is 39.2 Å². The second-order valence-electron chi connectivity index (χ2n) is 7.03. The van der Waals surface area contributed by atoms with E-state index in [1.54, 1.807) is 17.4 Å². The molecule has 0 atom stereocenters. The minimum Gasteiger partial charge on any atom is -0.478 e. The van der Waals surface area contributed by atoms with Gasteiger partial charge >= 0.3 is 5.97 Å². The summed E-state index contributed by atoms with van der Waals surface area (Å²) in [7, 11) is 0. The van der Waals surface area contributed by atoms with Crippen LogP contribution in [0.25, 0.3) is 6.08 Å². The average molecular weight is 441 g/mol. The normalized spacial score (nSPS) is 12.0. The van der Waals surface area contributed by atoms with Crippen LogP contribution in [-0.2, 0) is 24.2 Å². The summed E-state index contributed by atoms with van der Waals surface area (Å²) in [5.41, 5.74) is 2.90. The third kappa shape index (κ3) is 6.18. The quantitative estimate of drug-likeness (QED) is 0.299. The lowest BCUT2D eigenvalue weighted by atomic mass is 10.1. The van der Waals surface area contributed by atoms with Crippen LogP contribution in [0.5, 0.6) is 0 Å². The number of halogens is 1. The Balaban J connectivity index is 1.99. The summed E-state index contributed by atoms with van der Waals surface area (Å²) < 4.78 is 2.18. The van der Waals surface area contributed by atoms with Crippen molar-refractivity contribution in [2.24, 2.45) is 0 Å². The number of nitrogens with zero attached hydrogens (tertiary/aromatic N) is 2. The van der Waals surface area contributed by atoms with E-state index < -0.39 is 5.97 Å². The molecule has 3 rings (SSSR count). The van der Waals surface area contributed by atoms with Crippen LogP contribution in [0, 0.1) is 0 Å². The monoisotopic (exact) mass is 440 g/mol. The first kappa shape index (κ1) is 22.1. The molecule has 0 saturated heterocycles. The Bertz CT molecular complexity index is 1040. The predicted octanol–water partition coefficient (Wildman–Crippen LogP) is 6.26. The molecule has 0 fully saturated rings. The van der Waals surface area contributed by atoms with Gasteiger partial charge < -0.3 is 9.67 Å². The average Bonchev–Trinajstić information content (AvgIpc) is 3.37. The second kappa shape index (κ2) is 11.0. The number of allylic oxidation sites excluding steroid dienone is 2. The van der Waals surface area contributed by atoms with E-state index >= 15 is 0 Å². The lowest BCUT2D eigenvalue weighted by molar-refractivity contribution is -0.131. The molecular weight excluding hydrogens is 416 g/mol. The molecule has 0 aliphatic carbocycles. The van der Waals surface area contributed by atoms with Gasteiger partial charge in [0.2, 0.25) is 0 Å². The van der Waals surface area contributed by atoms with E-state index in [-0.39, 0.29) is 0 Å². The highest BCUT2D eigenvalue weighted by Gasteiger charge is 2.11. The first-order valence-electron chi connectivity index (χ1n) is 9.98. The number of carbonyl (C=O) groups is 1. The molecule has 6 heteroatoms. The van der Waals surface area contributed by atoms with E-state index in [9.17, 15) is 4.79 Å². The molecule has 1 N–H and O–H groups in total. The molecule has 156 valence electrons. The molecule has 4 nitrogen and oxygen atoms in total. The Morgan fingerprint density at radius 1 is 1.23 bits per heavy atom. The first-order chi connectivity index (χ1) is 14.6. The number of aromatic nitrogens is 2. The maximum atomic E-state index is 11.1. The van der Waals surface area contributed by atoms with E-state index in [1.807, 2.05) is 48.0 Å². The van der Waals surface area contributed by atoms with Crippen LogP contribution in [0.15, 0.2) is 65.7 Å². The molecule has 0 spiro atoms. The zero-order valence-corrected chi connectivity index (χ0v) is 18.5. The molecule has 0 aliphatic rings. The number of aryl methyl sites for hydroxylation is 1. The smallest absolute Gasteiger partial charge is 0.328 e. The minimum absolute atomic E-state index is 0.624. The van der Waals surface area contributed by atoms with Gasteiger partial charge in [-0.3, -0.25) is 0 Å². The summed E-state index contributed by atoms with van der Waals surface area (Å²) in [6.45, 7) is 2.79. The van der Waals surface area contributed by atoms with Crippen molar-refractivity contribution in [1.82, 2.24) is 9.55 Å². The molecule has 0 unspecified atom stereocenters. The number of aliphatic carboxylic acids is 1. The van der Waals surface area contributed by atoms with Crippen molar-refractivity contribution in [3.05, 3.63) is 92.7 Å². The van der Waals surface area contributed by atoms with Crippen LogP contribution in [0.2, 0.25) is 5.02 Å². The molecule has 0 bridgehead atoms. The number of hydrogen-bond donors (Lipinski definition) is 1. The van der Waals surface area contributed by atoms with E-state index in [2.05, 4.69) is 22.5 Å². The maximum Gasteiger partial charge on any atom is 0.328 e. The fraction of sp³-hybridized carbons (Fsp3) is 0.250. The Kier molecular flexibility index (Phi) is 8.05. The van der Waals surface area contributed by atoms with Crippen LogP contribution < -0.4 is 0 Å². The number of hydrogen-bond acceptors (Lipinski definition) is 3. The Hall–Kier alpha value is -2.63. The lowest BCUT2D eigenvalue weighted by Gasteiger charge is -2.12. The highest BCUT2D eigenvalue weighted by Crippen LogP contribution is 2.22. The van der Waals surface area contributed by atoms with Gasteiger partial charge in [0, 0.05) is 28.8 Å². The van der Waals surface area contributed by atoms with Gasteiger partial charge in [0.25, 0.3) is 0 Å². The summed E-state index contributed by atoms with van der Waals surface area (Å²) in [5, 5.41) is 11.8. The topological polar surface area (TPSA) is 55.1 Å². The highest BCUT2D eigenvalue weighted by molar-refractivity contribution is 7.09. The fourth-order valence-corrected chi connectivity index (χ4v) is 4.13. The standard InChI is InChI=1S/C24H25ClN2O2S/c1-2-3-10-23-26-16-20(27(23)17-19-7-4-5-9-22(19)25)14-18(11-12-24(28)29)15-21-8-6-13-30-21/h4-9,11-14,16H,2-3,10,15,17H2,1H3,(H,28,29). The third-order valence-corrected chi connectivity index (χ3v) is 5.99. The summed E-state index contributed by atoms with van der Waals surface area (Å²) in [5.74, 6) is 0.0565. The molecule has 2 aromatic heterocycles. The number of benzene rings is 1. The van der Waals surface area contributed by atoms with Crippen LogP contribution in [0.1, 0.15) is 41.7 Å². The van der Waals surface area contributed by atoms with Crippen molar-refractivity contribution in [1.29, 1.82) is 0 Å². The second-order valence-corrected chi connectivity index (χ2v) is 8.47. The third-order valence-electron chi connectivity index (χ3n) is 4.74. The zero-order chi connectivity index (χ0) is 21.3. The van der Waals surface area contributed by atoms with Gasteiger partial charge in [-0.2, -0.15) is 0 Å². The predicted molar refractivity (Wildman–Crippen MR) is 124 cm³/mol. The number of imidazole rings is 1. The molecule has 3 aromatic rings. The summed E-state index contributed by atoms with van der Waals surface area (Å²) in [6, 6.07) is 11.9. The zero-order valence-electron chi connectivity index (χ0n) is 16.9. The van der Waals surface area contributed by atoms with Crippen molar-refractivity contribution in [3.8, 4) is 0 Å². The maximum absolute atomic E-state index is 11.1. The number of carboxylic acid groups (broad SMARTS) is 1. The molecule has 0 amide bonds. The van der Waals surface area contributed by atoms with Gasteiger partial charge in [0.05, 0.1) is 18.4 Å². The van der Waals surface area contributed by atoms with Crippen LogP contribution in [-0.4, -0.2) is 20.6 Å². The van der Waals surface area contributed by atoms with Gasteiger partial charge in [-0.05, 0) is 41.1 Å². The van der Waals surface area contributed by atoms with Gasteiger partial charge in [-0.1, -0.05) is 55.3 Å². The minimum atomic E-state index is -0.958. The largest absolute Gasteiger partial charge is 0.478 e. The molecule has 0 radical (unpaired) electrons. The van der Waals surface area contributed by atoms with Gasteiger partial charge in [0.1, 0.15) is 5.82 Å². The number of carboxylic acids is 1. The van der Waals surface area contributed by atoms with Gasteiger partial charge in [-0.25, -0.2) is 9.78 Å². The summed E-state index contributed by atoms with van der Waals surface area (Å²) in [6.07, 6.45) is 10.5. The molecule has 0 saturated carbocycles. The van der Waals surface area contributed by atoms with Crippen molar-refractivity contribution in [3.63, 3.8) is 0 Å². The van der Waals surface area contributed by atoms with Crippen molar-refractivity contribution >= 4 is 35.0 Å². The molecule has 30 heavy (non-hydrogen) atoms. The number of unbranched alkanes of at least 4 members (excludes halogenated alkanes) is 1. The van der Waals surface area contributed by atoms with E-state index in [0.717, 1.165) is 46.9 Å². The van der Waals surface area contributed by atoms with Crippen LogP contribution >= 0.6 is 22.9 Å². The van der Waals surface area contributed by atoms with Gasteiger partial charge in [-0.15, -0.1) is 11.3 Å². The Morgan fingerprint density at radius 3 is 2.77 bits per heavy atom. The Morgan fingerprint density at radius 2 is 2.07 bits per heavy atom. The molecule has 2 heterocycles. The van der Waals surface area contributed by atoms with Gasteiger partial charge in [0.15, 0.2) is 0 Å². The molecular formula is C24H25ClN2O2S. The van der Waals surface area contributed by atoms with Crippen molar-refractivity contribution < 1.29 is 9.90 Å². The lowest BCUT2D eigenvalue weighted by Crippen LogP contribution is -2.08.